The molecule has 0 radical (unpaired) electrons. The van der Waals surface area contributed by atoms with Crippen molar-refractivity contribution < 1.29 is 4.39 Å². The lowest BCUT2D eigenvalue weighted by Gasteiger charge is -2.16. The van der Waals surface area contributed by atoms with Crippen LogP contribution in [0.4, 0.5) is 4.39 Å². The van der Waals surface area contributed by atoms with E-state index in [-0.39, 0.29) is 5.82 Å². The van der Waals surface area contributed by atoms with Gasteiger partial charge in [-0.3, -0.25) is 4.98 Å². The molecule has 0 saturated heterocycles. The number of benzene rings is 1. The largest absolute Gasteiger partial charge is 0.312 e. The van der Waals surface area contributed by atoms with Crippen LogP contribution in [0.15, 0.2) is 36.4 Å². The third kappa shape index (κ3) is 2.06. The van der Waals surface area contributed by atoms with Gasteiger partial charge < -0.3 is 5.32 Å². The fourth-order valence-corrected chi connectivity index (χ4v) is 2.15. The summed E-state index contributed by atoms with van der Waals surface area (Å²) in [6.07, 6.45) is 0.943. The molecule has 3 heteroatoms. The highest BCUT2D eigenvalue weighted by atomic mass is 19.1. The third-order valence-corrected chi connectivity index (χ3v) is 3.04. The van der Waals surface area contributed by atoms with Crippen molar-refractivity contribution >= 4 is 0 Å². The Kier molecular flexibility index (Phi) is 2.61. The topological polar surface area (TPSA) is 24.9 Å². The molecule has 2 heterocycles. The summed E-state index contributed by atoms with van der Waals surface area (Å²) in [5.41, 5.74) is 4.07. The molecule has 0 saturated carbocycles. The Labute approximate surface area is 99.5 Å². The van der Waals surface area contributed by atoms with Crippen LogP contribution in [0.2, 0.25) is 0 Å². The zero-order chi connectivity index (χ0) is 11.7. The molecule has 3 rings (SSSR count). The first kappa shape index (κ1) is 10.4. The molecule has 0 unspecified atom stereocenters. The van der Waals surface area contributed by atoms with Gasteiger partial charge in [0.05, 0.1) is 5.69 Å². The molecule has 1 N–H and O–H groups in total. The molecule has 1 aromatic carbocycles. The van der Waals surface area contributed by atoms with E-state index in [0.717, 1.165) is 36.5 Å². The van der Waals surface area contributed by atoms with Gasteiger partial charge in [0.1, 0.15) is 5.82 Å². The van der Waals surface area contributed by atoms with Gasteiger partial charge in [0.2, 0.25) is 0 Å². The lowest BCUT2D eigenvalue weighted by atomic mass is 10.0. The smallest absolute Gasteiger partial charge is 0.123 e. The summed E-state index contributed by atoms with van der Waals surface area (Å²) in [6.45, 7) is 1.85. The van der Waals surface area contributed by atoms with Crippen LogP contribution in [-0.2, 0) is 13.0 Å². The number of hydrogen-bond donors (Lipinski definition) is 1. The van der Waals surface area contributed by atoms with Crippen LogP contribution < -0.4 is 5.32 Å². The monoisotopic (exact) mass is 228 g/mol. The fraction of sp³-hybridized carbons (Fsp3) is 0.214. The Bertz CT molecular complexity index is 552. The number of fused-ring (bicyclic) bond motifs is 1. The number of nitrogens with zero attached hydrogens (tertiary/aromatic N) is 1. The lowest BCUT2D eigenvalue weighted by molar-refractivity contribution is 0.627. The summed E-state index contributed by atoms with van der Waals surface area (Å²) in [5, 5.41) is 3.31. The molecule has 2 aromatic rings. The minimum atomic E-state index is -0.219. The number of rotatable bonds is 1. The molecule has 2 nitrogen and oxygen atoms in total. The number of halogens is 1. The highest BCUT2D eigenvalue weighted by Gasteiger charge is 2.11. The molecule has 0 amide bonds. The minimum absolute atomic E-state index is 0.219. The summed E-state index contributed by atoms with van der Waals surface area (Å²) in [4.78, 5) is 4.62. The zero-order valence-corrected chi connectivity index (χ0v) is 9.41. The van der Waals surface area contributed by atoms with Crippen molar-refractivity contribution in [3.63, 3.8) is 0 Å². The van der Waals surface area contributed by atoms with E-state index in [4.69, 9.17) is 0 Å². The summed E-state index contributed by atoms with van der Waals surface area (Å²) in [7, 11) is 0. The van der Waals surface area contributed by atoms with Gasteiger partial charge in [-0.05, 0) is 23.8 Å². The molecule has 0 aliphatic carbocycles. The van der Waals surface area contributed by atoms with Crippen LogP contribution in [0.25, 0.3) is 11.3 Å². The quantitative estimate of drug-likeness (QED) is 0.811. The van der Waals surface area contributed by atoms with E-state index in [2.05, 4.69) is 16.4 Å². The number of nitrogens with one attached hydrogen (secondary N) is 1. The average Bonchev–Trinajstić information content (AvgIpc) is 2.38. The van der Waals surface area contributed by atoms with E-state index >= 15 is 0 Å². The van der Waals surface area contributed by atoms with E-state index in [1.165, 1.54) is 17.7 Å². The SMILES string of the molecule is Fc1cccc(-c2ccc3c(n2)CCNC3)c1. The molecular weight excluding hydrogens is 215 g/mol. The van der Waals surface area contributed by atoms with Crippen LogP contribution >= 0.6 is 0 Å². The maximum Gasteiger partial charge on any atom is 0.123 e. The van der Waals surface area contributed by atoms with Crippen molar-refractivity contribution in [2.45, 2.75) is 13.0 Å². The maximum absolute atomic E-state index is 13.2. The van der Waals surface area contributed by atoms with E-state index < -0.39 is 0 Å². The summed E-state index contributed by atoms with van der Waals surface area (Å²) in [5.74, 6) is -0.219. The molecule has 1 aromatic heterocycles. The zero-order valence-electron chi connectivity index (χ0n) is 9.41. The molecule has 1 aliphatic heterocycles. The second kappa shape index (κ2) is 4.26. The van der Waals surface area contributed by atoms with E-state index in [9.17, 15) is 4.39 Å². The Morgan fingerprint density at radius 2 is 2.12 bits per heavy atom. The molecular formula is C14H13FN2. The first-order valence-electron chi connectivity index (χ1n) is 5.78. The standard InChI is InChI=1S/C14H13FN2/c15-12-3-1-2-10(8-12)13-5-4-11-9-16-7-6-14(11)17-13/h1-5,8,16H,6-7,9H2. The van der Waals surface area contributed by atoms with Crippen molar-refractivity contribution in [2.24, 2.45) is 0 Å². The number of aromatic nitrogens is 1. The summed E-state index contributed by atoms with van der Waals surface area (Å²) >= 11 is 0. The number of pyridine rings is 1. The van der Waals surface area contributed by atoms with Gasteiger partial charge in [0.15, 0.2) is 0 Å². The normalized spacial score (nSPS) is 14.4. The Balaban J connectivity index is 2.04. The highest BCUT2D eigenvalue weighted by molar-refractivity contribution is 5.59. The molecule has 0 fully saturated rings. The predicted molar refractivity (Wildman–Crippen MR) is 65.0 cm³/mol. The molecule has 0 bridgehead atoms. The lowest BCUT2D eigenvalue weighted by Crippen LogP contribution is -2.24. The van der Waals surface area contributed by atoms with Crippen LogP contribution in [0.5, 0.6) is 0 Å². The van der Waals surface area contributed by atoms with Crippen molar-refractivity contribution in [3.8, 4) is 11.3 Å². The predicted octanol–water partition coefficient (Wildman–Crippen LogP) is 2.53. The molecule has 86 valence electrons. The van der Waals surface area contributed by atoms with Crippen LogP contribution in [-0.4, -0.2) is 11.5 Å². The van der Waals surface area contributed by atoms with E-state index in [0.29, 0.717) is 0 Å². The number of hydrogen-bond acceptors (Lipinski definition) is 2. The van der Waals surface area contributed by atoms with E-state index in [1.807, 2.05) is 12.1 Å². The van der Waals surface area contributed by atoms with Crippen LogP contribution in [0.3, 0.4) is 0 Å². The fourth-order valence-electron chi connectivity index (χ4n) is 2.15. The van der Waals surface area contributed by atoms with Crippen LogP contribution in [0, 0.1) is 5.82 Å². The third-order valence-electron chi connectivity index (χ3n) is 3.04. The maximum atomic E-state index is 13.2. The highest BCUT2D eigenvalue weighted by Crippen LogP contribution is 2.21. The molecule has 1 aliphatic rings. The summed E-state index contributed by atoms with van der Waals surface area (Å²) in [6, 6.07) is 10.6. The Hall–Kier alpha value is -1.74. The van der Waals surface area contributed by atoms with E-state index in [1.54, 1.807) is 6.07 Å². The van der Waals surface area contributed by atoms with Crippen LogP contribution in [0.1, 0.15) is 11.3 Å². The van der Waals surface area contributed by atoms with Crippen molar-refractivity contribution in [2.75, 3.05) is 6.54 Å². The van der Waals surface area contributed by atoms with Gasteiger partial charge in [-0.15, -0.1) is 0 Å². The minimum Gasteiger partial charge on any atom is -0.312 e. The average molecular weight is 228 g/mol. The van der Waals surface area contributed by atoms with Gasteiger partial charge in [-0.1, -0.05) is 18.2 Å². The molecule has 0 atom stereocenters. The second-order valence-corrected chi connectivity index (χ2v) is 4.24. The van der Waals surface area contributed by atoms with Gasteiger partial charge in [0, 0.05) is 30.8 Å². The summed E-state index contributed by atoms with van der Waals surface area (Å²) < 4.78 is 13.2. The first-order valence-corrected chi connectivity index (χ1v) is 5.78. The van der Waals surface area contributed by atoms with Gasteiger partial charge in [-0.25, -0.2) is 4.39 Å². The Morgan fingerprint density at radius 3 is 3.00 bits per heavy atom. The van der Waals surface area contributed by atoms with Gasteiger partial charge >= 0.3 is 0 Å². The van der Waals surface area contributed by atoms with Crippen molar-refractivity contribution in [1.82, 2.24) is 10.3 Å². The first-order chi connectivity index (χ1) is 8.33. The van der Waals surface area contributed by atoms with Crippen molar-refractivity contribution in [3.05, 3.63) is 53.5 Å². The molecule has 17 heavy (non-hydrogen) atoms. The van der Waals surface area contributed by atoms with Crippen molar-refractivity contribution in [1.29, 1.82) is 0 Å². The molecule has 0 spiro atoms. The van der Waals surface area contributed by atoms with Gasteiger partial charge in [-0.2, -0.15) is 0 Å². The van der Waals surface area contributed by atoms with Gasteiger partial charge in [0.25, 0.3) is 0 Å². The second-order valence-electron chi connectivity index (χ2n) is 4.24. The Morgan fingerprint density at radius 1 is 1.18 bits per heavy atom.